The molecule has 0 aliphatic carbocycles. The fourth-order valence-electron chi connectivity index (χ4n) is 2.12. The molecule has 1 N–H and O–H groups in total. The molecule has 0 unspecified atom stereocenters. The van der Waals surface area contributed by atoms with Crippen molar-refractivity contribution in [2.75, 3.05) is 0 Å². The van der Waals surface area contributed by atoms with E-state index in [9.17, 15) is 4.79 Å². The lowest BCUT2D eigenvalue weighted by molar-refractivity contribution is -0.117. The Labute approximate surface area is 140 Å². The molecule has 3 nitrogen and oxygen atoms in total. The van der Waals surface area contributed by atoms with Gasteiger partial charge in [-0.05, 0) is 36.6 Å². The van der Waals surface area contributed by atoms with E-state index in [1.165, 1.54) is 6.08 Å². The highest BCUT2D eigenvalue weighted by Crippen LogP contribution is 2.23. The van der Waals surface area contributed by atoms with Crippen LogP contribution in [0.2, 0.25) is 5.02 Å². The Balaban J connectivity index is 2.06. The molecule has 1 amide bonds. The number of benzene rings is 1. The predicted octanol–water partition coefficient (Wildman–Crippen LogP) is 4.63. The van der Waals surface area contributed by atoms with Crippen LogP contribution in [0.1, 0.15) is 36.2 Å². The zero-order valence-electron chi connectivity index (χ0n) is 12.8. The van der Waals surface area contributed by atoms with E-state index in [0.717, 1.165) is 16.3 Å². The van der Waals surface area contributed by atoms with Gasteiger partial charge in [0.1, 0.15) is 0 Å². The van der Waals surface area contributed by atoms with Crippen LogP contribution < -0.4 is 5.32 Å². The Kier molecular flexibility index (Phi) is 5.75. The van der Waals surface area contributed by atoms with Crippen molar-refractivity contribution < 1.29 is 4.79 Å². The first-order chi connectivity index (χ1) is 10.5. The average Bonchev–Trinajstić information content (AvgIpc) is 2.89. The largest absolute Gasteiger partial charge is 0.345 e. The van der Waals surface area contributed by atoms with Crippen molar-refractivity contribution in [3.8, 4) is 0 Å². The summed E-state index contributed by atoms with van der Waals surface area (Å²) in [6.07, 6.45) is 3.26. The molecule has 0 spiro atoms. The van der Waals surface area contributed by atoms with Gasteiger partial charge in [0.15, 0.2) is 0 Å². The van der Waals surface area contributed by atoms with Crippen LogP contribution >= 0.6 is 22.9 Å². The molecule has 0 saturated carbocycles. The number of aromatic nitrogens is 1. The quantitative estimate of drug-likeness (QED) is 0.810. The van der Waals surface area contributed by atoms with Gasteiger partial charge in [0.25, 0.3) is 0 Å². The van der Waals surface area contributed by atoms with Gasteiger partial charge in [-0.15, -0.1) is 11.3 Å². The summed E-state index contributed by atoms with van der Waals surface area (Å²) < 4.78 is 0. The molecular formula is C17H19ClN2OS. The lowest BCUT2D eigenvalue weighted by Gasteiger charge is -2.22. The molecule has 0 saturated heterocycles. The van der Waals surface area contributed by atoms with E-state index in [4.69, 9.17) is 11.6 Å². The summed E-state index contributed by atoms with van der Waals surface area (Å²) in [5.41, 5.74) is 1.86. The number of thiazole rings is 1. The van der Waals surface area contributed by atoms with Crippen molar-refractivity contribution in [3.63, 3.8) is 0 Å². The van der Waals surface area contributed by atoms with Gasteiger partial charge in [0, 0.05) is 16.5 Å². The molecule has 0 aliphatic rings. The molecule has 0 radical (unpaired) electrons. The topological polar surface area (TPSA) is 42.0 Å². The number of aryl methyl sites for hydroxylation is 1. The molecule has 1 atom stereocenters. The summed E-state index contributed by atoms with van der Waals surface area (Å²) in [7, 11) is 0. The number of hydrogen-bond acceptors (Lipinski definition) is 3. The first-order valence-corrected chi connectivity index (χ1v) is 8.37. The summed E-state index contributed by atoms with van der Waals surface area (Å²) in [5.74, 6) is 0.152. The van der Waals surface area contributed by atoms with Gasteiger partial charge < -0.3 is 5.32 Å². The monoisotopic (exact) mass is 334 g/mol. The second-order valence-corrected chi connectivity index (χ2v) is 6.91. The van der Waals surface area contributed by atoms with Crippen LogP contribution in [-0.4, -0.2) is 10.9 Å². The number of carbonyl (C=O) groups is 1. The molecule has 5 heteroatoms. The summed E-state index contributed by atoms with van der Waals surface area (Å²) in [4.78, 5) is 16.4. The van der Waals surface area contributed by atoms with Crippen LogP contribution in [0, 0.1) is 12.8 Å². The second kappa shape index (κ2) is 7.56. The van der Waals surface area contributed by atoms with E-state index >= 15 is 0 Å². The molecule has 116 valence electrons. The van der Waals surface area contributed by atoms with Crippen LogP contribution in [0.3, 0.4) is 0 Å². The van der Waals surface area contributed by atoms with E-state index in [1.807, 2.05) is 36.6 Å². The minimum atomic E-state index is -0.126. The molecule has 0 aliphatic heterocycles. The summed E-state index contributed by atoms with van der Waals surface area (Å²) in [6.45, 7) is 6.09. The third-order valence-corrected chi connectivity index (χ3v) is 4.28. The number of hydrogen-bond donors (Lipinski definition) is 1. The van der Waals surface area contributed by atoms with Crippen LogP contribution in [0.25, 0.3) is 6.08 Å². The molecule has 0 bridgehead atoms. The lowest BCUT2D eigenvalue weighted by Crippen LogP contribution is -2.30. The Hall–Kier alpha value is -1.65. The van der Waals surface area contributed by atoms with Crippen molar-refractivity contribution in [2.45, 2.75) is 26.8 Å². The predicted molar refractivity (Wildman–Crippen MR) is 93.1 cm³/mol. The normalized spacial score (nSPS) is 12.8. The van der Waals surface area contributed by atoms with Crippen molar-refractivity contribution in [1.82, 2.24) is 10.3 Å². The van der Waals surface area contributed by atoms with Gasteiger partial charge in [-0.1, -0.05) is 37.6 Å². The highest BCUT2D eigenvalue weighted by Gasteiger charge is 2.17. The number of halogens is 1. The minimum absolute atomic E-state index is 0.0495. The molecular weight excluding hydrogens is 316 g/mol. The van der Waals surface area contributed by atoms with E-state index < -0.39 is 0 Å². The third-order valence-electron chi connectivity index (χ3n) is 3.24. The fourth-order valence-corrected chi connectivity index (χ4v) is 2.83. The average molecular weight is 335 g/mol. The van der Waals surface area contributed by atoms with E-state index in [0.29, 0.717) is 5.02 Å². The zero-order valence-corrected chi connectivity index (χ0v) is 14.4. The number of carbonyl (C=O) groups excluding carboxylic acids is 1. The number of nitrogens with one attached hydrogen (secondary N) is 1. The van der Waals surface area contributed by atoms with Gasteiger partial charge in [-0.2, -0.15) is 0 Å². The SMILES string of the molecule is Cc1nc(/C=C/C(=O)N[C@@H](c2ccc(Cl)cc2)C(C)C)cs1. The summed E-state index contributed by atoms with van der Waals surface area (Å²) >= 11 is 7.48. The summed E-state index contributed by atoms with van der Waals surface area (Å²) in [6, 6.07) is 7.52. The Morgan fingerprint density at radius 2 is 2.00 bits per heavy atom. The number of nitrogens with zero attached hydrogens (tertiary/aromatic N) is 1. The molecule has 2 aromatic rings. The maximum atomic E-state index is 12.1. The van der Waals surface area contributed by atoms with Gasteiger partial charge in [0.2, 0.25) is 5.91 Å². The van der Waals surface area contributed by atoms with Crippen molar-refractivity contribution in [1.29, 1.82) is 0 Å². The summed E-state index contributed by atoms with van der Waals surface area (Å²) in [5, 5.41) is 6.64. The first-order valence-electron chi connectivity index (χ1n) is 7.12. The number of rotatable bonds is 5. The van der Waals surface area contributed by atoms with Gasteiger partial charge >= 0.3 is 0 Å². The smallest absolute Gasteiger partial charge is 0.244 e. The van der Waals surface area contributed by atoms with Crippen LogP contribution in [-0.2, 0) is 4.79 Å². The Morgan fingerprint density at radius 1 is 1.32 bits per heavy atom. The standard InChI is InChI=1S/C17H19ClN2OS/c1-11(2)17(13-4-6-14(18)7-5-13)20-16(21)9-8-15-10-22-12(3)19-15/h4-11,17H,1-3H3,(H,20,21)/b9-8+/t17-/m1/s1. The Bertz CT molecular complexity index is 662. The van der Waals surface area contributed by atoms with Crippen LogP contribution in [0.4, 0.5) is 0 Å². The lowest BCUT2D eigenvalue weighted by atomic mass is 9.96. The molecule has 1 aromatic carbocycles. The highest BCUT2D eigenvalue weighted by atomic mass is 35.5. The minimum Gasteiger partial charge on any atom is -0.345 e. The van der Waals surface area contributed by atoms with Gasteiger partial charge in [-0.25, -0.2) is 4.98 Å². The number of amides is 1. The molecule has 0 fully saturated rings. The van der Waals surface area contributed by atoms with Crippen LogP contribution in [0.15, 0.2) is 35.7 Å². The maximum Gasteiger partial charge on any atom is 0.244 e. The van der Waals surface area contributed by atoms with Crippen LogP contribution in [0.5, 0.6) is 0 Å². The molecule has 2 rings (SSSR count). The first kappa shape index (κ1) is 16.7. The zero-order chi connectivity index (χ0) is 16.1. The third kappa shape index (κ3) is 4.68. The van der Waals surface area contributed by atoms with Gasteiger partial charge in [-0.3, -0.25) is 4.79 Å². The second-order valence-electron chi connectivity index (χ2n) is 5.41. The van der Waals surface area contributed by atoms with Crippen molar-refractivity contribution in [3.05, 3.63) is 57.0 Å². The van der Waals surface area contributed by atoms with E-state index in [2.05, 4.69) is 24.1 Å². The van der Waals surface area contributed by atoms with Gasteiger partial charge in [0.05, 0.1) is 16.7 Å². The molecule has 22 heavy (non-hydrogen) atoms. The fraction of sp³-hybridized carbons (Fsp3) is 0.294. The molecule has 1 aromatic heterocycles. The van der Waals surface area contributed by atoms with Crippen molar-refractivity contribution in [2.24, 2.45) is 5.92 Å². The van der Waals surface area contributed by atoms with E-state index in [1.54, 1.807) is 17.4 Å². The maximum absolute atomic E-state index is 12.1. The van der Waals surface area contributed by atoms with E-state index in [-0.39, 0.29) is 17.9 Å². The molecule has 1 heterocycles. The van der Waals surface area contributed by atoms with Crippen molar-refractivity contribution >= 4 is 34.9 Å². The highest BCUT2D eigenvalue weighted by molar-refractivity contribution is 7.09. The Morgan fingerprint density at radius 3 is 2.55 bits per heavy atom.